The molecule has 7 nitrogen and oxygen atoms in total. The highest BCUT2D eigenvalue weighted by Crippen LogP contribution is 2.42. The maximum absolute atomic E-state index is 11.2. The summed E-state index contributed by atoms with van der Waals surface area (Å²) < 4.78 is 0.957. The van der Waals surface area contributed by atoms with Gasteiger partial charge in [-0.3, -0.25) is 20.2 Å². The van der Waals surface area contributed by atoms with Crippen molar-refractivity contribution in [1.29, 1.82) is 0 Å². The molecule has 1 aromatic heterocycles. The van der Waals surface area contributed by atoms with E-state index in [4.69, 9.17) is 0 Å². The van der Waals surface area contributed by atoms with Gasteiger partial charge in [-0.2, -0.15) is 0 Å². The zero-order valence-corrected chi connectivity index (χ0v) is 12.5. The van der Waals surface area contributed by atoms with Crippen molar-refractivity contribution >= 4 is 44.7 Å². The number of fused-ring (bicyclic) bond motifs is 1. The number of nitrogens with zero attached hydrogens (tertiary/aromatic N) is 3. The van der Waals surface area contributed by atoms with Crippen LogP contribution in [0, 0.1) is 20.2 Å². The first-order valence-corrected chi connectivity index (χ1v) is 7.69. The van der Waals surface area contributed by atoms with Crippen molar-refractivity contribution in [2.45, 2.75) is 9.79 Å². The van der Waals surface area contributed by atoms with E-state index < -0.39 is 21.2 Å². The predicted molar refractivity (Wildman–Crippen MR) is 83.5 cm³/mol. The lowest BCUT2D eigenvalue weighted by atomic mass is 10.3. The lowest BCUT2D eigenvalue weighted by molar-refractivity contribution is -0.424. The number of para-hydroxylation sites is 2. The average Bonchev–Trinajstić information content (AvgIpc) is 2.96. The van der Waals surface area contributed by atoms with Gasteiger partial charge in [-0.05, 0) is 18.2 Å². The second-order valence-corrected chi connectivity index (χ2v) is 6.17. The Labute approximate surface area is 131 Å². The summed E-state index contributed by atoms with van der Waals surface area (Å²) in [6.45, 7) is 0. The van der Waals surface area contributed by atoms with Crippen LogP contribution >= 0.6 is 23.1 Å². The zero-order valence-electron chi connectivity index (χ0n) is 10.8. The molecule has 0 fully saturated rings. The number of hydrogen-bond acceptors (Lipinski definition) is 7. The van der Waals surface area contributed by atoms with Crippen molar-refractivity contribution in [2.24, 2.45) is 0 Å². The molecule has 0 unspecified atom stereocenters. The summed E-state index contributed by atoms with van der Waals surface area (Å²) in [4.78, 5) is 25.9. The first-order valence-electron chi connectivity index (χ1n) is 6.00. The van der Waals surface area contributed by atoms with Crippen LogP contribution < -0.4 is 0 Å². The first-order chi connectivity index (χ1) is 10.6. The Hall–Kier alpha value is -2.52. The molecular formula is C13H7N3O4S2. The Kier molecular flexibility index (Phi) is 3.73. The highest BCUT2D eigenvalue weighted by atomic mass is 32.2. The summed E-state index contributed by atoms with van der Waals surface area (Å²) in [5.41, 5.74) is 1.42. The molecule has 0 saturated carbocycles. The van der Waals surface area contributed by atoms with E-state index in [1.807, 2.05) is 12.1 Å². The van der Waals surface area contributed by atoms with Crippen LogP contribution in [0.3, 0.4) is 0 Å². The minimum Gasteiger partial charge on any atom is -0.258 e. The number of benzene rings is 2. The third kappa shape index (κ3) is 2.51. The van der Waals surface area contributed by atoms with Gasteiger partial charge in [0.2, 0.25) is 0 Å². The lowest BCUT2D eigenvalue weighted by Gasteiger charge is -2.04. The summed E-state index contributed by atoms with van der Waals surface area (Å²) in [6, 6.07) is 9.58. The molecule has 0 atom stereocenters. The number of hydrogen-bond donors (Lipinski definition) is 0. The van der Waals surface area contributed by atoms with Gasteiger partial charge in [0.25, 0.3) is 0 Å². The summed E-state index contributed by atoms with van der Waals surface area (Å²) >= 11 is 2.57. The topological polar surface area (TPSA) is 99.2 Å². The van der Waals surface area contributed by atoms with Gasteiger partial charge in [-0.1, -0.05) is 23.9 Å². The molecule has 1 heterocycles. The van der Waals surface area contributed by atoms with Gasteiger partial charge in [0, 0.05) is 11.0 Å². The Morgan fingerprint density at radius 3 is 2.45 bits per heavy atom. The number of nitro benzene ring substituents is 2. The third-order valence-electron chi connectivity index (χ3n) is 2.90. The molecule has 0 N–H and O–H groups in total. The first kappa shape index (κ1) is 14.4. The van der Waals surface area contributed by atoms with Crippen LogP contribution in [0.15, 0.2) is 51.7 Å². The Morgan fingerprint density at radius 2 is 1.73 bits per heavy atom. The summed E-state index contributed by atoms with van der Waals surface area (Å²) in [6.07, 6.45) is 0. The van der Waals surface area contributed by atoms with Crippen LogP contribution in [-0.4, -0.2) is 14.8 Å². The van der Waals surface area contributed by atoms with Crippen LogP contribution in [0.5, 0.6) is 0 Å². The van der Waals surface area contributed by atoms with E-state index in [1.54, 1.807) is 11.6 Å². The lowest BCUT2D eigenvalue weighted by Crippen LogP contribution is -1.98. The molecule has 22 heavy (non-hydrogen) atoms. The molecule has 3 rings (SSSR count). The van der Waals surface area contributed by atoms with Gasteiger partial charge in [0.1, 0.15) is 0 Å². The average molecular weight is 333 g/mol. The molecule has 3 aromatic rings. The standard InChI is InChI=1S/C13H7N3O4S2/c17-15(18)8-3-1-6-11(13(8)16(19)20)22-10-5-2-4-9-12(10)14-7-21-9/h1-7H. The Morgan fingerprint density at radius 1 is 1.00 bits per heavy atom. The molecule has 9 heteroatoms. The molecule has 110 valence electrons. The fourth-order valence-electron chi connectivity index (χ4n) is 1.99. The minimum atomic E-state index is -0.744. The largest absolute Gasteiger partial charge is 0.359 e. The van der Waals surface area contributed by atoms with Crippen LogP contribution in [0.1, 0.15) is 0 Å². The van der Waals surface area contributed by atoms with Gasteiger partial charge in [0.05, 0.1) is 30.5 Å². The molecule has 0 aliphatic rings. The molecule has 0 aliphatic heterocycles. The maximum atomic E-state index is 11.2. The van der Waals surface area contributed by atoms with Crippen LogP contribution in [-0.2, 0) is 0 Å². The van der Waals surface area contributed by atoms with E-state index in [0.29, 0.717) is 0 Å². The van der Waals surface area contributed by atoms with Crippen molar-refractivity contribution < 1.29 is 9.85 Å². The molecule has 0 amide bonds. The van der Waals surface area contributed by atoms with E-state index >= 15 is 0 Å². The summed E-state index contributed by atoms with van der Waals surface area (Å²) in [5, 5.41) is 22.2. The number of nitro groups is 2. The molecule has 0 saturated heterocycles. The van der Waals surface area contributed by atoms with Gasteiger partial charge < -0.3 is 0 Å². The quantitative estimate of drug-likeness (QED) is 0.522. The summed E-state index contributed by atoms with van der Waals surface area (Å²) in [5.74, 6) is 0. The van der Waals surface area contributed by atoms with Crippen molar-refractivity contribution in [3.8, 4) is 0 Å². The van der Waals surface area contributed by atoms with Crippen LogP contribution in [0.25, 0.3) is 10.2 Å². The number of rotatable bonds is 4. The summed E-state index contributed by atoms with van der Waals surface area (Å²) in [7, 11) is 0. The molecular weight excluding hydrogens is 326 g/mol. The fourth-order valence-corrected chi connectivity index (χ4v) is 3.82. The highest BCUT2D eigenvalue weighted by Gasteiger charge is 2.28. The second kappa shape index (κ2) is 5.70. The van der Waals surface area contributed by atoms with E-state index in [-0.39, 0.29) is 4.90 Å². The van der Waals surface area contributed by atoms with E-state index in [0.717, 1.165) is 32.9 Å². The molecule has 2 aromatic carbocycles. The monoisotopic (exact) mass is 333 g/mol. The SMILES string of the molecule is O=[N+]([O-])c1cccc(Sc2cccc3scnc23)c1[N+](=O)[O-]. The third-order valence-corrected chi connectivity index (χ3v) is 4.79. The smallest absolute Gasteiger partial charge is 0.258 e. The Balaban J connectivity index is 2.13. The molecule has 0 aliphatic carbocycles. The Bertz CT molecular complexity index is 894. The highest BCUT2D eigenvalue weighted by molar-refractivity contribution is 7.99. The van der Waals surface area contributed by atoms with Gasteiger partial charge in [-0.15, -0.1) is 11.3 Å². The number of aromatic nitrogens is 1. The molecule has 0 radical (unpaired) electrons. The van der Waals surface area contributed by atoms with Crippen molar-refractivity contribution in [3.05, 3.63) is 62.1 Å². The maximum Gasteiger partial charge on any atom is 0.359 e. The van der Waals surface area contributed by atoms with Crippen molar-refractivity contribution in [3.63, 3.8) is 0 Å². The van der Waals surface area contributed by atoms with Crippen LogP contribution in [0.2, 0.25) is 0 Å². The van der Waals surface area contributed by atoms with Gasteiger partial charge >= 0.3 is 11.4 Å². The van der Waals surface area contributed by atoms with E-state index in [9.17, 15) is 20.2 Å². The van der Waals surface area contributed by atoms with Crippen LogP contribution in [0.4, 0.5) is 11.4 Å². The fraction of sp³-hybridized carbons (Fsp3) is 0. The van der Waals surface area contributed by atoms with E-state index in [2.05, 4.69) is 4.98 Å². The van der Waals surface area contributed by atoms with E-state index in [1.165, 1.54) is 23.5 Å². The second-order valence-electron chi connectivity index (χ2n) is 4.20. The minimum absolute atomic E-state index is 0.222. The van der Waals surface area contributed by atoms with Gasteiger partial charge in [-0.25, -0.2) is 4.98 Å². The molecule has 0 spiro atoms. The van der Waals surface area contributed by atoms with Gasteiger partial charge in [0.15, 0.2) is 0 Å². The van der Waals surface area contributed by atoms with Crippen molar-refractivity contribution in [1.82, 2.24) is 4.98 Å². The zero-order chi connectivity index (χ0) is 15.7. The number of thiazole rings is 1. The van der Waals surface area contributed by atoms with Crippen molar-refractivity contribution in [2.75, 3.05) is 0 Å². The predicted octanol–water partition coefficient (Wildman–Crippen LogP) is 4.26. The molecule has 0 bridgehead atoms. The normalized spacial score (nSPS) is 10.7.